The normalized spacial score (nSPS) is 17.7. The highest BCUT2D eigenvalue weighted by Gasteiger charge is 2.52. The molecule has 3 aromatic rings. The average Bonchev–Trinajstić information content (AvgIpc) is 3.52. The third-order valence-corrected chi connectivity index (χ3v) is 8.27. The lowest BCUT2D eigenvalue weighted by Gasteiger charge is -2.32. The third kappa shape index (κ3) is 4.95. The molecule has 1 aliphatic heterocycles. The molecule has 1 fully saturated rings. The Morgan fingerprint density at radius 3 is 2.24 bits per heavy atom. The zero-order valence-corrected chi connectivity index (χ0v) is 22.2. The van der Waals surface area contributed by atoms with Crippen LogP contribution >= 0.6 is 11.3 Å². The molecule has 2 aliphatic rings. The Balaban J connectivity index is 1.29. The molecule has 1 aliphatic carbocycles. The Bertz CT molecular complexity index is 1340. The van der Waals surface area contributed by atoms with Gasteiger partial charge in [-0.25, -0.2) is 4.79 Å². The summed E-state index contributed by atoms with van der Waals surface area (Å²) in [6.07, 6.45) is 1.40. The fourth-order valence-electron chi connectivity index (χ4n) is 4.72. The van der Waals surface area contributed by atoms with E-state index in [2.05, 4.69) is 35.7 Å². The van der Waals surface area contributed by atoms with Crippen LogP contribution in [0.3, 0.4) is 0 Å². The van der Waals surface area contributed by atoms with Crippen molar-refractivity contribution in [3.8, 4) is 17.2 Å². The number of amides is 1. The maximum Gasteiger partial charge on any atom is 0.492 e. The number of nitriles is 1. The Morgan fingerprint density at radius 1 is 1.08 bits per heavy atom. The molecule has 0 radical (unpaired) electrons. The summed E-state index contributed by atoms with van der Waals surface area (Å²) in [5.74, 6) is -0.00790. The first-order chi connectivity index (χ1) is 17.7. The fourth-order valence-corrected chi connectivity index (χ4v) is 5.38. The predicted molar refractivity (Wildman–Crippen MR) is 146 cm³/mol. The summed E-state index contributed by atoms with van der Waals surface area (Å²) in [5.41, 5.74) is 5.27. The zero-order valence-electron chi connectivity index (χ0n) is 21.4. The SMILES string of the molecule is CC1(C)OB(C(=Cc2csc(C#N)c2)CNC(=O)OCC2c3ccccc3-c3ccccc32)OC1(C)C. The first-order valence-corrected chi connectivity index (χ1v) is 13.2. The zero-order chi connectivity index (χ0) is 26.2. The Kier molecular flexibility index (Phi) is 6.71. The highest BCUT2D eigenvalue weighted by Crippen LogP contribution is 2.44. The molecule has 6 nitrogen and oxygen atoms in total. The molecule has 0 spiro atoms. The van der Waals surface area contributed by atoms with Gasteiger partial charge in [-0.3, -0.25) is 0 Å². The molecule has 1 N–H and O–H groups in total. The second-order valence-electron chi connectivity index (χ2n) is 10.3. The quantitative estimate of drug-likeness (QED) is 0.400. The van der Waals surface area contributed by atoms with Gasteiger partial charge in [-0.2, -0.15) is 5.26 Å². The summed E-state index contributed by atoms with van der Waals surface area (Å²) < 4.78 is 18.2. The monoisotopic (exact) mass is 512 g/mol. The van der Waals surface area contributed by atoms with Gasteiger partial charge in [0.25, 0.3) is 0 Å². The van der Waals surface area contributed by atoms with Crippen LogP contribution in [0.25, 0.3) is 17.2 Å². The first kappa shape index (κ1) is 25.3. The first-order valence-electron chi connectivity index (χ1n) is 12.3. The van der Waals surface area contributed by atoms with Gasteiger partial charge in [-0.15, -0.1) is 11.3 Å². The van der Waals surface area contributed by atoms with Crippen molar-refractivity contribution in [2.75, 3.05) is 13.2 Å². The molecule has 1 amide bonds. The van der Waals surface area contributed by atoms with Crippen LogP contribution in [0.4, 0.5) is 4.79 Å². The molecule has 5 rings (SSSR count). The third-order valence-electron chi connectivity index (χ3n) is 7.42. The molecule has 2 aromatic carbocycles. The summed E-state index contributed by atoms with van der Waals surface area (Å²) in [7, 11) is -0.635. The van der Waals surface area contributed by atoms with E-state index in [-0.39, 0.29) is 19.1 Å². The number of rotatable bonds is 6. The van der Waals surface area contributed by atoms with Gasteiger partial charge >= 0.3 is 13.2 Å². The molecule has 1 saturated heterocycles. The van der Waals surface area contributed by atoms with E-state index in [1.807, 2.05) is 69.5 Å². The Labute approximate surface area is 222 Å². The minimum absolute atomic E-state index is 0.00790. The van der Waals surface area contributed by atoms with Gasteiger partial charge in [0.15, 0.2) is 0 Å². The number of alkyl carbamates (subject to hydrolysis) is 1. The van der Waals surface area contributed by atoms with Gasteiger partial charge in [0.2, 0.25) is 0 Å². The number of hydrogen-bond donors (Lipinski definition) is 1. The smallest absolute Gasteiger partial charge is 0.449 e. The summed E-state index contributed by atoms with van der Waals surface area (Å²) in [5, 5.41) is 14.0. The van der Waals surface area contributed by atoms with E-state index in [0.29, 0.717) is 4.88 Å². The van der Waals surface area contributed by atoms with Gasteiger partial charge < -0.3 is 19.4 Å². The van der Waals surface area contributed by atoms with Crippen molar-refractivity contribution >= 4 is 30.6 Å². The van der Waals surface area contributed by atoms with Crippen LogP contribution in [0.15, 0.2) is 65.4 Å². The van der Waals surface area contributed by atoms with E-state index in [0.717, 1.165) is 11.0 Å². The van der Waals surface area contributed by atoms with Crippen LogP contribution < -0.4 is 5.32 Å². The van der Waals surface area contributed by atoms with Crippen molar-refractivity contribution in [2.24, 2.45) is 0 Å². The second kappa shape index (κ2) is 9.83. The second-order valence-corrected chi connectivity index (χ2v) is 11.3. The minimum Gasteiger partial charge on any atom is -0.449 e. The number of thiophene rings is 1. The lowest BCUT2D eigenvalue weighted by atomic mass is 9.77. The van der Waals surface area contributed by atoms with E-state index >= 15 is 0 Å². The van der Waals surface area contributed by atoms with Crippen molar-refractivity contribution in [1.29, 1.82) is 5.26 Å². The van der Waals surface area contributed by atoms with Crippen LogP contribution in [-0.2, 0) is 14.0 Å². The molecule has 2 heterocycles. The van der Waals surface area contributed by atoms with Crippen molar-refractivity contribution in [3.63, 3.8) is 0 Å². The molecule has 0 saturated carbocycles. The van der Waals surface area contributed by atoms with Crippen LogP contribution in [-0.4, -0.2) is 37.6 Å². The highest BCUT2D eigenvalue weighted by atomic mass is 32.1. The average molecular weight is 512 g/mol. The van der Waals surface area contributed by atoms with Gasteiger partial charge in [-0.05, 0) is 72.4 Å². The molecule has 8 heteroatoms. The van der Waals surface area contributed by atoms with Crippen molar-refractivity contribution in [2.45, 2.75) is 44.8 Å². The Morgan fingerprint density at radius 2 is 1.68 bits per heavy atom. The number of nitrogens with zero attached hydrogens (tertiary/aromatic N) is 1. The predicted octanol–water partition coefficient (Wildman–Crippen LogP) is 6.17. The molecule has 188 valence electrons. The lowest BCUT2D eigenvalue weighted by molar-refractivity contribution is 0.00578. The molecule has 37 heavy (non-hydrogen) atoms. The topological polar surface area (TPSA) is 80.6 Å². The number of carbonyl (C=O) groups excluding carboxylic acids is 1. The molecule has 1 aromatic heterocycles. The number of hydrogen-bond acceptors (Lipinski definition) is 6. The molecular weight excluding hydrogens is 483 g/mol. The Hall–Kier alpha value is -3.38. The lowest BCUT2D eigenvalue weighted by Crippen LogP contribution is -2.41. The van der Waals surface area contributed by atoms with E-state index in [9.17, 15) is 10.1 Å². The fraction of sp³-hybridized carbons (Fsp3) is 0.310. The summed E-state index contributed by atoms with van der Waals surface area (Å²) in [6, 6.07) is 20.5. The van der Waals surface area contributed by atoms with Crippen molar-refractivity contribution in [1.82, 2.24) is 5.32 Å². The minimum atomic E-state index is -0.635. The van der Waals surface area contributed by atoms with E-state index in [4.69, 9.17) is 14.0 Å². The van der Waals surface area contributed by atoms with Crippen LogP contribution in [0.5, 0.6) is 0 Å². The van der Waals surface area contributed by atoms with Crippen molar-refractivity contribution < 1.29 is 18.8 Å². The van der Waals surface area contributed by atoms with Gasteiger partial charge in [0, 0.05) is 12.5 Å². The number of benzene rings is 2. The maximum atomic E-state index is 12.8. The highest BCUT2D eigenvalue weighted by molar-refractivity contribution is 7.10. The van der Waals surface area contributed by atoms with Gasteiger partial charge in [0.05, 0.1) is 11.2 Å². The summed E-state index contributed by atoms with van der Waals surface area (Å²) in [6.45, 7) is 8.38. The van der Waals surface area contributed by atoms with Gasteiger partial charge in [0.1, 0.15) is 17.6 Å². The molecule has 0 unspecified atom stereocenters. The number of fused-ring (bicyclic) bond motifs is 3. The molecule has 0 atom stereocenters. The van der Waals surface area contributed by atoms with E-state index in [1.165, 1.54) is 33.6 Å². The van der Waals surface area contributed by atoms with Crippen LogP contribution in [0.2, 0.25) is 0 Å². The maximum absolute atomic E-state index is 12.8. The molecular formula is C29H29BN2O4S. The largest absolute Gasteiger partial charge is 0.492 e. The number of nitrogens with one attached hydrogen (secondary N) is 1. The van der Waals surface area contributed by atoms with Gasteiger partial charge in [-0.1, -0.05) is 54.6 Å². The summed E-state index contributed by atoms with van der Waals surface area (Å²) in [4.78, 5) is 13.4. The number of ether oxygens (including phenoxy) is 1. The standard InChI is InChI=1S/C29H29BN2O4S/c1-28(2)29(3,4)36-30(35-28)20(13-19-14-21(15-31)37-18-19)16-32-27(33)34-17-26-24-11-7-5-9-22(24)23-10-6-8-12-25(23)26/h5-14,18,26H,16-17H2,1-4H3,(H,32,33). The van der Waals surface area contributed by atoms with Crippen LogP contribution in [0.1, 0.15) is 55.2 Å². The molecule has 0 bridgehead atoms. The van der Waals surface area contributed by atoms with Crippen molar-refractivity contribution in [3.05, 3.63) is 87.0 Å². The summed E-state index contributed by atoms with van der Waals surface area (Å²) >= 11 is 1.37. The van der Waals surface area contributed by atoms with E-state index < -0.39 is 24.4 Å². The number of carbonyl (C=O) groups is 1. The van der Waals surface area contributed by atoms with E-state index in [1.54, 1.807) is 0 Å². The van der Waals surface area contributed by atoms with Crippen LogP contribution in [0, 0.1) is 11.3 Å².